The highest BCUT2D eigenvalue weighted by atomic mass is 16.2. The summed E-state index contributed by atoms with van der Waals surface area (Å²) in [5.74, 6) is 1.04. The van der Waals surface area contributed by atoms with Gasteiger partial charge in [0.1, 0.15) is 0 Å². The molecule has 3 heteroatoms. The molecule has 1 amide bonds. The molecule has 1 heterocycles. The van der Waals surface area contributed by atoms with Gasteiger partial charge >= 0.3 is 0 Å². The minimum atomic E-state index is 0.0279. The van der Waals surface area contributed by atoms with E-state index in [0.29, 0.717) is 0 Å². The monoisotopic (exact) mass is 198 g/mol. The molecule has 1 aliphatic rings. The lowest BCUT2D eigenvalue weighted by Gasteiger charge is -2.14. The molecule has 1 rings (SSSR count). The van der Waals surface area contributed by atoms with Gasteiger partial charge in [-0.3, -0.25) is 10.1 Å². The van der Waals surface area contributed by atoms with E-state index in [-0.39, 0.29) is 11.9 Å². The minimum absolute atomic E-state index is 0.0279. The first-order valence-electron chi connectivity index (χ1n) is 5.63. The van der Waals surface area contributed by atoms with Crippen molar-refractivity contribution in [2.75, 3.05) is 13.2 Å². The van der Waals surface area contributed by atoms with Crippen LogP contribution in [0.25, 0.3) is 0 Å². The Morgan fingerprint density at radius 2 is 2.21 bits per heavy atom. The summed E-state index contributed by atoms with van der Waals surface area (Å²) in [6, 6.07) is 0.0279. The molecule has 3 nitrogen and oxygen atoms in total. The van der Waals surface area contributed by atoms with Crippen LogP contribution in [0.4, 0.5) is 0 Å². The predicted octanol–water partition coefficient (Wildman–Crippen LogP) is 1.59. The maximum atomic E-state index is 11.5. The standard InChI is InChI=1S/C11H22N2O/c1-9(2)6-4-5-7-13-8-12-10(3)11(13)14/h9-10,12H,4-8H2,1-3H3. The number of nitrogens with zero attached hydrogens (tertiary/aromatic N) is 1. The van der Waals surface area contributed by atoms with Gasteiger partial charge < -0.3 is 4.90 Å². The van der Waals surface area contributed by atoms with Crippen molar-refractivity contribution in [3.8, 4) is 0 Å². The van der Waals surface area contributed by atoms with Crippen LogP contribution in [0.1, 0.15) is 40.0 Å². The summed E-state index contributed by atoms with van der Waals surface area (Å²) < 4.78 is 0. The third-order valence-electron chi connectivity index (χ3n) is 2.73. The lowest BCUT2D eigenvalue weighted by molar-refractivity contribution is -0.128. The zero-order valence-electron chi connectivity index (χ0n) is 9.55. The summed E-state index contributed by atoms with van der Waals surface area (Å²) in [5.41, 5.74) is 0. The minimum Gasteiger partial charge on any atom is -0.329 e. The lowest BCUT2D eigenvalue weighted by atomic mass is 10.1. The molecule has 82 valence electrons. The number of unbranched alkanes of at least 4 members (excludes halogenated alkanes) is 1. The van der Waals surface area contributed by atoms with Gasteiger partial charge in [-0.1, -0.05) is 26.7 Å². The Morgan fingerprint density at radius 3 is 2.71 bits per heavy atom. The van der Waals surface area contributed by atoms with Gasteiger partial charge in [0.05, 0.1) is 12.7 Å². The van der Waals surface area contributed by atoms with Crippen LogP contribution in [-0.2, 0) is 4.79 Å². The smallest absolute Gasteiger partial charge is 0.240 e. The van der Waals surface area contributed by atoms with Crippen LogP contribution in [0.2, 0.25) is 0 Å². The molecule has 1 N–H and O–H groups in total. The Kier molecular flexibility index (Phi) is 4.39. The van der Waals surface area contributed by atoms with Crippen molar-refractivity contribution in [3.63, 3.8) is 0 Å². The third kappa shape index (κ3) is 3.29. The molecule has 0 saturated carbocycles. The summed E-state index contributed by atoms with van der Waals surface area (Å²) in [6.07, 6.45) is 3.64. The van der Waals surface area contributed by atoms with E-state index in [1.54, 1.807) is 0 Å². The van der Waals surface area contributed by atoms with Crippen molar-refractivity contribution in [1.29, 1.82) is 0 Å². The van der Waals surface area contributed by atoms with E-state index in [0.717, 1.165) is 25.6 Å². The van der Waals surface area contributed by atoms with Gasteiger partial charge in [-0.15, -0.1) is 0 Å². The molecule has 1 fully saturated rings. The van der Waals surface area contributed by atoms with Crippen molar-refractivity contribution in [3.05, 3.63) is 0 Å². The van der Waals surface area contributed by atoms with Crippen molar-refractivity contribution in [2.24, 2.45) is 5.92 Å². The first-order valence-corrected chi connectivity index (χ1v) is 5.63. The second kappa shape index (κ2) is 5.35. The van der Waals surface area contributed by atoms with E-state index in [4.69, 9.17) is 0 Å². The van der Waals surface area contributed by atoms with E-state index in [9.17, 15) is 4.79 Å². The number of hydrogen-bond donors (Lipinski definition) is 1. The molecule has 1 atom stereocenters. The molecule has 0 aromatic carbocycles. The summed E-state index contributed by atoms with van der Waals surface area (Å²) in [4.78, 5) is 13.4. The molecular weight excluding hydrogens is 176 g/mol. The summed E-state index contributed by atoms with van der Waals surface area (Å²) in [6.45, 7) is 8.07. The highest BCUT2D eigenvalue weighted by molar-refractivity contribution is 5.83. The number of amides is 1. The van der Waals surface area contributed by atoms with Crippen molar-refractivity contribution >= 4 is 5.91 Å². The van der Waals surface area contributed by atoms with Gasteiger partial charge in [-0.2, -0.15) is 0 Å². The molecule has 1 unspecified atom stereocenters. The third-order valence-corrected chi connectivity index (χ3v) is 2.73. The Balaban J connectivity index is 2.10. The molecule has 0 aliphatic carbocycles. The van der Waals surface area contributed by atoms with Gasteiger partial charge in [0.15, 0.2) is 0 Å². The molecule has 0 bridgehead atoms. The van der Waals surface area contributed by atoms with Crippen LogP contribution in [0.5, 0.6) is 0 Å². The van der Waals surface area contributed by atoms with Crippen LogP contribution in [-0.4, -0.2) is 30.1 Å². The average molecular weight is 198 g/mol. The lowest BCUT2D eigenvalue weighted by Crippen LogP contribution is -2.29. The number of carbonyl (C=O) groups is 1. The number of carbonyl (C=O) groups excluding carboxylic acids is 1. The summed E-state index contributed by atoms with van der Waals surface area (Å²) >= 11 is 0. The molecule has 1 aliphatic heterocycles. The Labute approximate surface area is 86.9 Å². The molecule has 0 aromatic heterocycles. The first kappa shape index (κ1) is 11.5. The molecular formula is C11H22N2O. The first-order chi connectivity index (χ1) is 6.61. The zero-order chi connectivity index (χ0) is 10.6. The van der Waals surface area contributed by atoms with Crippen LogP contribution >= 0.6 is 0 Å². The zero-order valence-corrected chi connectivity index (χ0v) is 9.55. The normalized spacial score (nSPS) is 22.4. The summed E-state index contributed by atoms with van der Waals surface area (Å²) in [7, 11) is 0. The fourth-order valence-electron chi connectivity index (χ4n) is 1.73. The maximum Gasteiger partial charge on any atom is 0.240 e. The fraction of sp³-hybridized carbons (Fsp3) is 0.909. The molecule has 14 heavy (non-hydrogen) atoms. The van der Waals surface area contributed by atoms with Gasteiger partial charge in [0.2, 0.25) is 5.91 Å². The quantitative estimate of drug-likeness (QED) is 0.680. The van der Waals surface area contributed by atoms with Crippen molar-refractivity contribution in [1.82, 2.24) is 10.2 Å². The Bertz CT molecular complexity index is 192. The number of nitrogens with one attached hydrogen (secondary N) is 1. The van der Waals surface area contributed by atoms with Gasteiger partial charge in [-0.25, -0.2) is 0 Å². The molecule has 0 spiro atoms. The van der Waals surface area contributed by atoms with Gasteiger partial charge in [-0.05, 0) is 19.3 Å². The van der Waals surface area contributed by atoms with E-state index < -0.39 is 0 Å². The van der Waals surface area contributed by atoms with Crippen LogP contribution in [0.15, 0.2) is 0 Å². The molecule has 1 saturated heterocycles. The number of rotatable bonds is 5. The Morgan fingerprint density at radius 1 is 1.50 bits per heavy atom. The highest BCUT2D eigenvalue weighted by Gasteiger charge is 2.26. The van der Waals surface area contributed by atoms with Crippen LogP contribution in [0, 0.1) is 5.92 Å². The van der Waals surface area contributed by atoms with Crippen LogP contribution in [0.3, 0.4) is 0 Å². The van der Waals surface area contributed by atoms with Gasteiger partial charge in [0, 0.05) is 6.54 Å². The largest absolute Gasteiger partial charge is 0.329 e. The van der Waals surface area contributed by atoms with E-state index in [2.05, 4.69) is 19.2 Å². The van der Waals surface area contributed by atoms with E-state index in [1.165, 1.54) is 12.8 Å². The Hall–Kier alpha value is -0.570. The van der Waals surface area contributed by atoms with Crippen molar-refractivity contribution in [2.45, 2.75) is 46.1 Å². The molecule has 0 radical (unpaired) electrons. The topological polar surface area (TPSA) is 32.3 Å². The van der Waals surface area contributed by atoms with Crippen molar-refractivity contribution < 1.29 is 4.79 Å². The SMILES string of the molecule is CC(C)CCCCN1CNC(C)C1=O. The summed E-state index contributed by atoms with van der Waals surface area (Å²) in [5, 5.41) is 3.15. The van der Waals surface area contributed by atoms with Gasteiger partial charge in [0.25, 0.3) is 0 Å². The second-order valence-corrected chi connectivity index (χ2v) is 4.58. The average Bonchev–Trinajstić information content (AvgIpc) is 2.43. The maximum absolute atomic E-state index is 11.5. The van der Waals surface area contributed by atoms with E-state index >= 15 is 0 Å². The van der Waals surface area contributed by atoms with Crippen LogP contribution < -0.4 is 5.32 Å². The molecule has 0 aromatic rings. The fourth-order valence-corrected chi connectivity index (χ4v) is 1.73. The van der Waals surface area contributed by atoms with E-state index in [1.807, 2.05) is 11.8 Å². The number of hydrogen-bond acceptors (Lipinski definition) is 2. The second-order valence-electron chi connectivity index (χ2n) is 4.58. The highest BCUT2D eigenvalue weighted by Crippen LogP contribution is 2.09. The predicted molar refractivity (Wildman–Crippen MR) is 57.9 cm³/mol.